The molecule has 0 aliphatic rings. The quantitative estimate of drug-likeness (QED) is 0.661. The summed E-state index contributed by atoms with van der Waals surface area (Å²) in [5, 5.41) is 15.3. The molecule has 0 saturated heterocycles. The van der Waals surface area contributed by atoms with Gasteiger partial charge in [-0.05, 0) is 37.1 Å². The summed E-state index contributed by atoms with van der Waals surface area (Å²) in [4.78, 5) is 10.7. The molecular weight excluding hydrogens is 232 g/mol. The van der Waals surface area contributed by atoms with Crippen LogP contribution in [0.4, 0.5) is 5.69 Å². The van der Waals surface area contributed by atoms with Gasteiger partial charge >= 0.3 is 0 Å². The van der Waals surface area contributed by atoms with Crippen molar-refractivity contribution in [3.8, 4) is 5.69 Å². The second-order valence-electron chi connectivity index (χ2n) is 4.14. The number of benzene rings is 1. The Morgan fingerprint density at radius 2 is 2.06 bits per heavy atom. The maximum atomic E-state index is 11.1. The Labute approximate surface area is 104 Å². The molecule has 0 fully saturated rings. The predicted molar refractivity (Wildman–Crippen MR) is 67.6 cm³/mol. The van der Waals surface area contributed by atoms with Crippen LogP contribution in [0.15, 0.2) is 24.4 Å². The van der Waals surface area contributed by atoms with Crippen LogP contribution in [0.1, 0.15) is 16.8 Å². The van der Waals surface area contributed by atoms with E-state index in [1.807, 2.05) is 13.8 Å². The number of aryl methyl sites for hydroxylation is 2. The summed E-state index contributed by atoms with van der Waals surface area (Å²) in [5.74, 6) is 0. The van der Waals surface area contributed by atoms with E-state index in [1.54, 1.807) is 24.4 Å². The number of hydrogen-bond acceptors (Lipinski definition) is 4. The molecule has 0 saturated carbocycles. The third kappa shape index (κ3) is 2.10. The highest BCUT2D eigenvalue weighted by molar-refractivity contribution is 5.56. The van der Waals surface area contributed by atoms with Crippen LogP contribution in [-0.2, 0) is 6.54 Å². The Morgan fingerprint density at radius 3 is 2.61 bits per heavy atom. The van der Waals surface area contributed by atoms with E-state index in [0.29, 0.717) is 17.9 Å². The van der Waals surface area contributed by atoms with E-state index in [4.69, 9.17) is 5.73 Å². The minimum absolute atomic E-state index is 0.0461. The maximum absolute atomic E-state index is 11.1. The van der Waals surface area contributed by atoms with Gasteiger partial charge in [-0.3, -0.25) is 10.1 Å². The third-order valence-electron chi connectivity index (χ3n) is 2.89. The Kier molecular flexibility index (Phi) is 3.12. The summed E-state index contributed by atoms with van der Waals surface area (Å²) in [6, 6.07) is 5.08. The molecule has 2 rings (SSSR count). The molecule has 2 aromatic rings. The number of aromatic nitrogens is 2. The zero-order valence-electron chi connectivity index (χ0n) is 10.3. The summed E-state index contributed by atoms with van der Waals surface area (Å²) >= 11 is 0. The lowest BCUT2D eigenvalue weighted by Crippen LogP contribution is -2.04. The number of hydrogen-bond donors (Lipinski definition) is 1. The molecule has 94 valence electrons. The molecule has 0 unspecified atom stereocenters. The number of nitro benzene ring substituents is 1. The van der Waals surface area contributed by atoms with Crippen LogP contribution in [0.5, 0.6) is 0 Å². The average molecular weight is 246 g/mol. The molecular formula is C12H14N4O2. The van der Waals surface area contributed by atoms with E-state index in [9.17, 15) is 10.1 Å². The minimum Gasteiger partial charge on any atom is -0.325 e. The molecule has 1 aromatic carbocycles. The molecule has 18 heavy (non-hydrogen) atoms. The van der Waals surface area contributed by atoms with Crippen molar-refractivity contribution in [1.82, 2.24) is 9.78 Å². The third-order valence-corrected chi connectivity index (χ3v) is 2.89. The van der Waals surface area contributed by atoms with Crippen molar-refractivity contribution in [3.05, 3.63) is 51.3 Å². The van der Waals surface area contributed by atoms with E-state index in [2.05, 4.69) is 5.10 Å². The van der Waals surface area contributed by atoms with Gasteiger partial charge in [0.2, 0.25) is 0 Å². The number of rotatable bonds is 3. The van der Waals surface area contributed by atoms with Crippen LogP contribution < -0.4 is 5.73 Å². The van der Waals surface area contributed by atoms with Gasteiger partial charge < -0.3 is 5.73 Å². The van der Waals surface area contributed by atoms with Crippen molar-refractivity contribution in [3.63, 3.8) is 0 Å². The molecule has 6 heteroatoms. The van der Waals surface area contributed by atoms with E-state index < -0.39 is 4.92 Å². The lowest BCUT2D eigenvalue weighted by atomic mass is 10.1. The molecule has 0 bridgehead atoms. The van der Waals surface area contributed by atoms with Crippen LogP contribution in [0.2, 0.25) is 0 Å². The molecule has 1 aromatic heterocycles. The summed E-state index contributed by atoms with van der Waals surface area (Å²) in [6.07, 6.45) is 1.68. The van der Waals surface area contributed by atoms with Gasteiger partial charge in [-0.25, -0.2) is 4.68 Å². The maximum Gasteiger partial charge on any atom is 0.295 e. The standard InChI is InChI=1S/C12H14N4O2/c1-8-5-11(12(16(17)18)6-9(8)2)15-4-3-10(7-13)14-15/h3-6H,7,13H2,1-2H3. The topological polar surface area (TPSA) is 87.0 Å². The van der Waals surface area contributed by atoms with Crippen molar-refractivity contribution in [1.29, 1.82) is 0 Å². The van der Waals surface area contributed by atoms with Gasteiger partial charge in [-0.1, -0.05) is 0 Å². The molecule has 1 heterocycles. The van der Waals surface area contributed by atoms with Crippen molar-refractivity contribution >= 4 is 5.69 Å². The minimum atomic E-state index is -0.397. The normalized spacial score (nSPS) is 10.6. The van der Waals surface area contributed by atoms with Crippen molar-refractivity contribution in [2.45, 2.75) is 20.4 Å². The largest absolute Gasteiger partial charge is 0.325 e. The molecule has 0 aliphatic heterocycles. The van der Waals surface area contributed by atoms with E-state index in [1.165, 1.54) is 4.68 Å². The SMILES string of the molecule is Cc1cc(-n2ccc(CN)n2)c([N+](=O)[O-])cc1C. The van der Waals surface area contributed by atoms with Gasteiger partial charge in [-0.2, -0.15) is 5.10 Å². The van der Waals surface area contributed by atoms with Crippen molar-refractivity contribution in [2.75, 3.05) is 0 Å². The first-order valence-electron chi connectivity index (χ1n) is 5.53. The highest BCUT2D eigenvalue weighted by Gasteiger charge is 2.17. The summed E-state index contributed by atoms with van der Waals surface area (Å²) in [7, 11) is 0. The summed E-state index contributed by atoms with van der Waals surface area (Å²) < 4.78 is 1.49. The van der Waals surface area contributed by atoms with Gasteiger partial charge in [0.15, 0.2) is 0 Å². The van der Waals surface area contributed by atoms with Crippen LogP contribution in [0.25, 0.3) is 5.69 Å². The summed E-state index contributed by atoms with van der Waals surface area (Å²) in [5.41, 5.74) is 8.56. The highest BCUT2D eigenvalue weighted by atomic mass is 16.6. The predicted octanol–water partition coefficient (Wildman–Crippen LogP) is 1.86. The van der Waals surface area contributed by atoms with Crippen LogP contribution in [0, 0.1) is 24.0 Å². The van der Waals surface area contributed by atoms with Gasteiger partial charge in [0, 0.05) is 18.8 Å². The molecule has 0 amide bonds. The fourth-order valence-corrected chi connectivity index (χ4v) is 1.72. The molecule has 0 aliphatic carbocycles. The first kappa shape index (κ1) is 12.3. The monoisotopic (exact) mass is 246 g/mol. The van der Waals surface area contributed by atoms with Crippen LogP contribution >= 0.6 is 0 Å². The molecule has 0 radical (unpaired) electrons. The fourth-order valence-electron chi connectivity index (χ4n) is 1.72. The molecule has 0 atom stereocenters. The van der Waals surface area contributed by atoms with E-state index >= 15 is 0 Å². The zero-order chi connectivity index (χ0) is 13.3. The first-order valence-corrected chi connectivity index (χ1v) is 5.53. The zero-order valence-corrected chi connectivity index (χ0v) is 10.3. The summed E-state index contributed by atoms with van der Waals surface area (Å²) in [6.45, 7) is 4.07. The van der Waals surface area contributed by atoms with E-state index in [-0.39, 0.29) is 5.69 Å². The fraction of sp³-hybridized carbons (Fsp3) is 0.250. The van der Waals surface area contributed by atoms with Gasteiger partial charge in [-0.15, -0.1) is 0 Å². The van der Waals surface area contributed by atoms with Crippen molar-refractivity contribution in [2.24, 2.45) is 5.73 Å². The molecule has 6 nitrogen and oxygen atoms in total. The second kappa shape index (κ2) is 4.58. The number of nitrogens with two attached hydrogens (primary N) is 1. The Bertz CT molecular complexity index is 604. The van der Waals surface area contributed by atoms with Crippen LogP contribution in [0.3, 0.4) is 0 Å². The first-order chi connectivity index (χ1) is 8.52. The highest BCUT2D eigenvalue weighted by Crippen LogP contribution is 2.26. The second-order valence-corrected chi connectivity index (χ2v) is 4.14. The smallest absolute Gasteiger partial charge is 0.295 e. The lowest BCUT2D eigenvalue weighted by Gasteiger charge is -2.06. The average Bonchev–Trinajstić information content (AvgIpc) is 2.80. The van der Waals surface area contributed by atoms with E-state index in [0.717, 1.165) is 11.1 Å². The Morgan fingerprint density at radius 1 is 1.39 bits per heavy atom. The lowest BCUT2D eigenvalue weighted by molar-refractivity contribution is -0.384. The Hall–Kier alpha value is -2.21. The van der Waals surface area contributed by atoms with Gasteiger partial charge in [0.05, 0.1) is 10.6 Å². The molecule has 2 N–H and O–H groups in total. The number of nitro groups is 1. The van der Waals surface area contributed by atoms with Gasteiger partial charge in [0.25, 0.3) is 5.69 Å². The molecule has 0 spiro atoms. The Balaban J connectivity index is 2.61. The van der Waals surface area contributed by atoms with Gasteiger partial charge in [0.1, 0.15) is 5.69 Å². The van der Waals surface area contributed by atoms with Crippen molar-refractivity contribution < 1.29 is 4.92 Å². The number of nitrogens with zero attached hydrogens (tertiary/aromatic N) is 3. The van der Waals surface area contributed by atoms with Crippen LogP contribution in [-0.4, -0.2) is 14.7 Å².